The predicted molar refractivity (Wildman–Crippen MR) is 85.3 cm³/mol. The summed E-state index contributed by atoms with van der Waals surface area (Å²) in [5.41, 5.74) is 2.61. The van der Waals surface area contributed by atoms with Crippen molar-refractivity contribution in [2.75, 3.05) is 6.54 Å². The number of rotatable bonds is 4. The van der Waals surface area contributed by atoms with Gasteiger partial charge in [-0.25, -0.2) is 9.97 Å². The highest BCUT2D eigenvalue weighted by atomic mass is 16.3. The molecule has 2 aromatic rings. The van der Waals surface area contributed by atoms with E-state index in [9.17, 15) is 15.3 Å². The third-order valence-corrected chi connectivity index (χ3v) is 4.11. The summed E-state index contributed by atoms with van der Waals surface area (Å²) >= 11 is 0. The molecule has 122 valence electrons. The minimum atomic E-state index is -0.149. The minimum absolute atomic E-state index is 0.0946. The average Bonchev–Trinajstić information content (AvgIpc) is 2.51. The lowest BCUT2D eigenvalue weighted by molar-refractivity contribution is 0.235. The second-order valence-corrected chi connectivity index (χ2v) is 5.93. The van der Waals surface area contributed by atoms with E-state index in [1.54, 1.807) is 0 Å². The van der Waals surface area contributed by atoms with Crippen molar-refractivity contribution in [2.45, 2.75) is 39.3 Å². The van der Waals surface area contributed by atoms with Gasteiger partial charge in [-0.3, -0.25) is 4.90 Å². The summed E-state index contributed by atoms with van der Waals surface area (Å²) in [4.78, 5) is 11.1. The number of phenols is 3. The standard InChI is InChI=1S/C17H21N3O3/c1-2-3-17-18-8-11-9-20(5-4-14(11)19-17)10-13-15(22)6-12(21)7-16(13)23/h6-8,21-23H,2-5,9-10H2,1H3. The van der Waals surface area contributed by atoms with Gasteiger partial charge in [-0.05, 0) is 6.42 Å². The van der Waals surface area contributed by atoms with Crippen LogP contribution in [0.1, 0.15) is 36.0 Å². The molecule has 0 atom stereocenters. The molecule has 0 saturated carbocycles. The van der Waals surface area contributed by atoms with Gasteiger partial charge >= 0.3 is 0 Å². The van der Waals surface area contributed by atoms with Crippen molar-refractivity contribution in [1.82, 2.24) is 14.9 Å². The predicted octanol–water partition coefficient (Wildman–Crippen LogP) is 2.10. The van der Waals surface area contributed by atoms with Crippen LogP contribution in [0.15, 0.2) is 18.3 Å². The van der Waals surface area contributed by atoms with E-state index in [1.165, 1.54) is 12.1 Å². The monoisotopic (exact) mass is 315 g/mol. The maximum atomic E-state index is 9.92. The summed E-state index contributed by atoms with van der Waals surface area (Å²) < 4.78 is 0. The highest BCUT2D eigenvalue weighted by Gasteiger charge is 2.21. The van der Waals surface area contributed by atoms with Crippen molar-refractivity contribution in [1.29, 1.82) is 0 Å². The van der Waals surface area contributed by atoms with Crippen LogP contribution in [0.2, 0.25) is 0 Å². The van der Waals surface area contributed by atoms with Crippen molar-refractivity contribution < 1.29 is 15.3 Å². The van der Waals surface area contributed by atoms with Crippen LogP contribution in [0, 0.1) is 0 Å². The van der Waals surface area contributed by atoms with Gasteiger partial charge in [0.15, 0.2) is 0 Å². The van der Waals surface area contributed by atoms with Crippen LogP contribution in [0.3, 0.4) is 0 Å². The van der Waals surface area contributed by atoms with Crippen molar-refractivity contribution in [3.63, 3.8) is 0 Å². The van der Waals surface area contributed by atoms with E-state index in [-0.39, 0.29) is 17.2 Å². The summed E-state index contributed by atoms with van der Waals surface area (Å²) in [6.45, 7) is 4.01. The molecule has 3 N–H and O–H groups in total. The largest absolute Gasteiger partial charge is 0.508 e. The molecule has 1 aromatic carbocycles. The molecule has 0 radical (unpaired) electrons. The maximum Gasteiger partial charge on any atom is 0.128 e. The zero-order valence-electron chi connectivity index (χ0n) is 13.2. The van der Waals surface area contributed by atoms with Crippen LogP contribution in [0.4, 0.5) is 0 Å². The highest BCUT2D eigenvalue weighted by molar-refractivity contribution is 5.48. The van der Waals surface area contributed by atoms with E-state index in [1.807, 2.05) is 6.20 Å². The molecule has 1 aliphatic heterocycles. The number of hydrogen-bond acceptors (Lipinski definition) is 6. The number of hydrogen-bond donors (Lipinski definition) is 3. The van der Waals surface area contributed by atoms with Crippen molar-refractivity contribution in [3.05, 3.63) is 41.0 Å². The molecule has 0 spiro atoms. The lowest BCUT2D eigenvalue weighted by Crippen LogP contribution is -2.31. The summed E-state index contributed by atoms with van der Waals surface area (Å²) in [5, 5.41) is 29.2. The number of aryl methyl sites for hydroxylation is 1. The normalized spacial score (nSPS) is 14.7. The Labute approximate surface area is 135 Å². The summed E-state index contributed by atoms with van der Waals surface area (Å²) in [5.74, 6) is 0.559. The van der Waals surface area contributed by atoms with Crippen molar-refractivity contribution in [3.8, 4) is 17.2 Å². The van der Waals surface area contributed by atoms with Gasteiger partial charge in [0.1, 0.15) is 23.1 Å². The Bertz CT molecular complexity index is 695. The second-order valence-electron chi connectivity index (χ2n) is 5.93. The topological polar surface area (TPSA) is 89.7 Å². The van der Waals surface area contributed by atoms with Crippen LogP contribution in [-0.4, -0.2) is 36.7 Å². The average molecular weight is 315 g/mol. The van der Waals surface area contributed by atoms with Gasteiger partial charge in [0.25, 0.3) is 0 Å². The van der Waals surface area contributed by atoms with Crippen LogP contribution in [0.5, 0.6) is 17.2 Å². The molecule has 0 fully saturated rings. The molecule has 6 heteroatoms. The molecule has 2 heterocycles. The van der Waals surface area contributed by atoms with Gasteiger partial charge in [-0.2, -0.15) is 0 Å². The molecule has 0 amide bonds. The maximum absolute atomic E-state index is 9.92. The molecule has 6 nitrogen and oxygen atoms in total. The quantitative estimate of drug-likeness (QED) is 0.800. The van der Waals surface area contributed by atoms with Gasteiger partial charge in [-0.15, -0.1) is 0 Å². The number of aromatic hydroxyl groups is 3. The Kier molecular flexibility index (Phi) is 4.34. The van der Waals surface area contributed by atoms with Gasteiger partial charge < -0.3 is 15.3 Å². The van der Waals surface area contributed by atoms with Gasteiger partial charge in [0.05, 0.1) is 0 Å². The van der Waals surface area contributed by atoms with Gasteiger partial charge in [0, 0.05) is 67.6 Å². The van der Waals surface area contributed by atoms with Crippen molar-refractivity contribution >= 4 is 0 Å². The summed E-state index contributed by atoms with van der Waals surface area (Å²) in [6, 6.07) is 2.49. The number of phenolic OH excluding ortho intramolecular Hbond substituents is 3. The molecular formula is C17H21N3O3. The molecule has 0 saturated heterocycles. The second kappa shape index (κ2) is 6.42. The molecule has 0 unspecified atom stereocenters. The van der Waals surface area contributed by atoms with Crippen LogP contribution in [-0.2, 0) is 25.9 Å². The smallest absolute Gasteiger partial charge is 0.128 e. The molecule has 1 aromatic heterocycles. The first-order valence-corrected chi connectivity index (χ1v) is 7.86. The van der Waals surface area contributed by atoms with E-state index in [2.05, 4.69) is 21.8 Å². The molecule has 0 aliphatic carbocycles. The summed E-state index contributed by atoms with van der Waals surface area (Å²) in [6.07, 6.45) is 4.64. The lowest BCUT2D eigenvalue weighted by Gasteiger charge is -2.28. The number of fused-ring (bicyclic) bond motifs is 1. The first kappa shape index (κ1) is 15.6. The van der Waals surface area contributed by atoms with E-state index < -0.39 is 0 Å². The minimum Gasteiger partial charge on any atom is -0.508 e. The van der Waals surface area contributed by atoms with Crippen molar-refractivity contribution in [2.24, 2.45) is 0 Å². The third kappa shape index (κ3) is 3.37. The highest BCUT2D eigenvalue weighted by Crippen LogP contribution is 2.33. The fourth-order valence-electron chi connectivity index (χ4n) is 2.91. The molecule has 23 heavy (non-hydrogen) atoms. The van der Waals surface area contributed by atoms with Gasteiger partial charge in [-0.1, -0.05) is 6.92 Å². The van der Waals surface area contributed by atoms with E-state index in [0.29, 0.717) is 18.7 Å². The SMILES string of the molecule is CCCc1ncc2c(n1)CCN(Cc1c(O)cc(O)cc1O)C2. The fourth-order valence-corrected chi connectivity index (χ4v) is 2.91. The number of benzene rings is 1. The Hall–Kier alpha value is -2.34. The van der Waals surface area contributed by atoms with E-state index in [0.717, 1.165) is 42.9 Å². The van der Waals surface area contributed by atoms with Crippen LogP contribution in [0.25, 0.3) is 0 Å². The first-order chi connectivity index (χ1) is 11.1. The Morgan fingerprint density at radius 1 is 1.17 bits per heavy atom. The van der Waals surface area contributed by atoms with Crippen LogP contribution < -0.4 is 0 Å². The molecule has 3 rings (SSSR count). The number of nitrogens with zero attached hydrogens (tertiary/aromatic N) is 3. The first-order valence-electron chi connectivity index (χ1n) is 7.86. The molecule has 0 bridgehead atoms. The number of aromatic nitrogens is 2. The Morgan fingerprint density at radius 2 is 1.91 bits per heavy atom. The van der Waals surface area contributed by atoms with Crippen LogP contribution >= 0.6 is 0 Å². The zero-order valence-corrected chi connectivity index (χ0v) is 13.2. The zero-order chi connectivity index (χ0) is 16.4. The Balaban J connectivity index is 1.75. The fraction of sp³-hybridized carbons (Fsp3) is 0.412. The van der Waals surface area contributed by atoms with E-state index in [4.69, 9.17) is 0 Å². The lowest BCUT2D eigenvalue weighted by atomic mass is 10.1. The molecule has 1 aliphatic rings. The van der Waals surface area contributed by atoms with E-state index >= 15 is 0 Å². The summed E-state index contributed by atoms with van der Waals surface area (Å²) in [7, 11) is 0. The van der Waals surface area contributed by atoms with Gasteiger partial charge in [0.2, 0.25) is 0 Å². The Morgan fingerprint density at radius 3 is 2.61 bits per heavy atom. The molecular weight excluding hydrogens is 294 g/mol. The third-order valence-electron chi connectivity index (χ3n) is 4.11.